The number of carbonyl (C=O) groups excluding carboxylic acids is 2. The summed E-state index contributed by atoms with van der Waals surface area (Å²) in [4.78, 5) is 32.5. The van der Waals surface area contributed by atoms with Crippen LogP contribution in [0, 0.1) is 13.8 Å². The van der Waals surface area contributed by atoms with Crippen LogP contribution < -0.4 is 4.90 Å². The summed E-state index contributed by atoms with van der Waals surface area (Å²) < 4.78 is 3.37. The molecule has 0 radical (unpaired) electrons. The van der Waals surface area contributed by atoms with Crippen molar-refractivity contribution in [1.82, 2.24) is 19.3 Å². The zero-order chi connectivity index (χ0) is 22.4. The van der Waals surface area contributed by atoms with Crippen molar-refractivity contribution in [2.24, 2.45) is 0 Å². The first-order valence-electron chi connectivity index (χ1n) is 10.5. The summed E-state index contributed by atoms with van der Waals surface area (Å²) in [6, 6.07) is 16.9. The Kier molecular flexibility index (Phi) is 5.06. The Morgan fingerprint density at radius 1 is 1.12 bits per heavy atom. The molecule has 2 aromatic carbocycles. The van der Waals surface area contributed by atoms with Crippen molar-refractivity contribution < 1.29 is 9.59 Å². The Morgan fingerprint density at radius 2 is 1.88 bits per heavy atom. The van der Waals surface area contributed by atoms with Crippen LogP contribution in [0.25, 0.3) is 11.0 Å². The number of nitrogens with zero attached hydrogens (tertiary/aromatic N) is 5. The number of benzene rings is 2. The molecule has 162 valence electrons. The number of hydrogen-bond acceptors (Lipinski definition) is 4. The van der Waals surface area contributed by atoms with E-state index in [0.717, 1.165) is 33.9 Å². The standard InChI is InChI=1S/C24H22ClN5O2/c1-15-11-16(2)30(27-15)23(32)14-29-21-6-4-3-5-20(21)26-24(29)17-12-22(31)28(13-17)19-9-7-18(25)8-10-19/h3-11,17H,12-14H2,1-2H3. The van der Waals surface area contributed by atoms with Crippen LogP contribution >= 0.6 is 11.6 Å². The fourth-order valence-corrected chi connectivity index (χ4v) is 4.53. The lowest BCUT2D eigenvalue weighted by atomic mass is 10.1. The summed E-state index contributed by atoms with van der Waals surface area (Å²) in [6.07, 6.45) is 0.333. The van der Waals surface area contributed by atoms with Gasteiger partial charge in [-0.25, -0.2) is 9.67 Å². The van der Waals surface area contributed by atoms with Gasteiger partial charge in [0.15, 0.2) is 0 Å². The number of rotatable bonds is 4. The molecule has 4 aromatic rings. The predicted molar refractivity (Wildman–Crippen MR) is 123 cm³/mol. The molecule has 1 unspecified atom stereocenters. The first-order valence-corrected chi connectivity index (χ1v) is 10.9. The number of aryl methyl sites for hydroxylation is 2. The largest absolute Gasteiger partial charge is 0.318 e. The maximum absolute atomic E-state index is 13.1. The average molecular weight is 448 g/mol. The fourth-order valence-electron chi connectivity index (χ4n) is 4.41. The second-order valence-corrected chi connectivity index (χ2v) is 8.60. The molecule has 1 aliphatic heterocycles. The predicted octanol–water partition coefficient (Wildman–Crippen LogP) is 4.36. The molecule has 2 aromatic heterocycles. The van der Waals surface area contributed by atoms with Crippen molar-refractivity contribution in [3.05, 3.63) is 76.8 Å². The molecule has 0 aliphatic carbocycles. The number of carbonyl (C=O) groups is 2. The number of aromatic nitrogens is 4. The highest BCUT2D eigenvalue weighted by atomic mass is 35.5. The molecule has 1 atom stereocenters. The van der Waals surface area contributed by atoms with Gasteiger partial charge in [0.25, 0.3) is 5.91 Å². The van der Waals surface area contributed by atoms with Crippen LogP contribution in [0.2, 0.25) is 5.02 Å². The van der Waals surface area contributed by atoms with Gasteiger partial charge in [-0.1, -0.05) is 23.7 Å². The van der Waals surface area contributed by atoms with E-state index in [0.29, 0.717) is 18.0 Å². The van der Waals surface area contributed by atoms with Crippen molar-refractivity contribution in [3.63, 3.8) is 0 Å². The van der Waals surface area contributed by atoms with Crippen molar-refractivity contribution in [2.75, 3.05) is 11.4 Å². The topological polar surface area (TPSA) is 73.0 Å². The SMILES string of the molecule is Cc1cc(C)n(C(=O)Cn2c(C3CC(=O)N(c4ccc(Cl)cc4)C3)nc3ccccc32)n1. The molecule has 7 nitrogen and oxygen atoms in total. The van der Waals surface area contributed by atoms with Gasteiger partial charge in [0, 0.05) is 35.3 Å². The highest BCUT2D eigenvalue weighted by molar-refractivity contribution is 6.30. The lowest BCUT2D eigenvalue weighted by molar-refractivity contribution is -0.117. The molecular formula is C24H22ClN5O2. The summed E-state index contributed by atoms with van der Waals surface area (Å²) in [6.45, 7) is 4.33. The molecule has 1 fully saturated rings. The molecule has 32 heavy (non-hydrogen) atoms. The van der Waals surface area contributed by atoms with Crippen LogP contribution in [0.4, 0.5) is 5.69 Å². The van der Waals surface area contributed by atoms with Gasteiger partial charge in [0.1, 0.15) is 12.4 Å². The van der Waals surface area contributed by atoms with Crippen LogP contribution in [0.1, 0.15) is 34.3 Å². The lowest BCUT2D eigenvalue weighted by Crippen LogP contribution is -2.25. The molecule has 5 rings (SSSR count). The monoisotopic (exact) mass is 447 g/mol. The quantitative estimate of drug-likeness (QED) is 0.465. The minimum Gasteiger partial charge on any atom is -0.318 e. The molecule has 0 N–H and O–H groups in total. The average Bonchev–Trinajstić information content (AvgIpc) is 3.43. The maximum Gasteiger partial charge on any atom is 0.267 e. The molecular weight excluding hydrogens is 426 g/mol. The Labute approximate surface area is 190 Å². The first-order chi connectivity index (χ1) is 15.4. The Hall–Kier alpha value is -3.45. The molecule has 0 spiro atoms. The number of halogens is 1. The van der Waals surface area contributed by atoms with E-state index in [4.69, 9.17) is 16.6 Å². The van der Waals surface area contributed by atoms with Crippen LogP contribution in [0.3, 0.4) is 0 Å². The maximum atomic E-state index is 13.1. The number of para-hydroxylation sites is 2. The first kappa shape index (κ1) is 20.5. The van der Waals surface area contributed by atoms with Gasteiger partial charge in [0.05, 0.1) is 16.7 Å². The summed E-state index contributed by atoms with van der Waals surface area (Å²) in [7, 11) is 0. The zero-order valence-corrected chi connectivity index (χ0v) is 18.6. The minimum absolute atomic E-state index is 0.0285. The highest BCUT2D eigenvalue weighted by Gasteiger charge is 2.35. The molecule has 8 heteroatoms. The summed E-state index contributed by atoms with van der Waals surface area (Å²) in [5, 5.41) is 4.96. The fraction of sp³-hybridized carbons (Fsp3) is 0.250. The zero-order valence-electron chi connectivity index (χ0n) is 17.8. The van der Waals surface area contributed by atoms with Gasteiger partial charge >= 0.3 is 0 Å². The van der Waals surface area contributed by atoms with Crippen molar-refractivity contribution in [3.8, 4) is 0 Å². The van der Waals surface area contributed by atoms with Gasteiger partial charge in [0.2, 0.25) is 5.91 Å². The van der Waals surface area contributed by atoms with Gasteiger partial charge in [-0.15, -0.1) is 0 Å². The van der Waals surface area contributed by atoms with E-state index in [9.17, 15) is 9.59 Å². The molecule has 1 aliphatic rings. The van der Waals surface area contributed by atoms with Crippen LogP contribution in [-0.4, -0.2) is 37.7 Å². The number of anilines is 1. The van der Waals surface area contributed by atoms with Gasteiger partial charge < -0.3 is 9.47 Å². The van der Waals surface area contributed by atoms with E-state index in [-0.39, 0.29) is 24.3 Å². The number of fused-ring (bicyclic) bond motifs is 1. The minimum atomic E-state index is -0.140. The van der Waals surface area contributed by atoms with E-state index in [1.54, 1.807) is 17.0 Å². The van der Waals surface area contributed by atoms with E-state index in [1.165, 1.54) is 4.68 Å². The second kappa shape index (κ2) is 7.91. The van der Waals surface area contributed by atoms with Crippen molar-refractivity contribution in [2.45, 2.75) is 32.7 Å². The lowest BCUT2D eigenvalue weighted by Gasteiger charge is -2.17. The van der Waals surface area contributed by atoms with Crippen LogP contribution in [0.5, 0.6) is 0 Å². The van der Waals surface area contributed by atoms with Gasteiger partial charge in [-0.3, -0.25) is 9.59 Å². The third-order valence-corrected chi connectivity index (χ3v) is 6.10. The van der Waals surface area contributed by atoms with Crippen molar-refractivity contribution in [1.29, 1.82) is 0 Å². The van der Waals surface area contributed by atoms with Gasteiger partial charge in [-0.2, -0.15) is 5.10 Å². The van der Waals surface area contributed by atoms with E-state index in [2.05, 4.69) is 5.10 Å². The Morgan fingerprint density at radius 3 is 2.59 bits per heavy atom. The summed E-state index contributed by atoms with van der Waals surface area (Å²) in [5.74, 6) is 0.504. The highest BCUT2D eigenvalue weighted by Crippen LogP contribution is 2.33. The number of amides is 1. The number of hydrogen-bond donors (Lipinski definition) is 0. The molecule has 0 saturated carbocycles. The molecule has 3 heterocycles. The third kappa shape index (κ3) is 3.58. The van der Waals surface area contributed by atoms with Gasteiger partial charge in [-0.05, 0) is 56.3 Å². The Bertz CT molecular complexity index is 1340. The number of imidazole rings is 1. The van der Waals surface area contributed by atoms with Crippen LogP contribution in [-0.2, 0) is 11.3 Å². The molecule has 1 saturated heterocycles. The second-order valence-electron chi connectivity index (χ2n) is 8.16. The third-order valence-electron chi connectivity index (χ3n) is 5.85. The van der Waals surface area contributed by atoms with E-state index in [1.807, 2.05) is 60.9 Å². The Balaban J connectivity index is 1.50. The smallest absolute Gasteiger partial charge is 0.267 e. The summed E-state index contributed by atoms with van der Waals surface area (Å²) in [5.41, 5.74) is 4.08. The van der Waals surface area contributed by atoms with E-state index < -0.39 is 0 Å². The molecule has 0 bridgehead atoms. The molecule has 1 amide bonds. The van der Waals surface area contributed by atoms with E-state index >= 15 is 0 Å². The summed E-state index contributed by atoms with van der Waals surface area (Å²) >= 11 is 6.00. The normalized spacial score (nSPS) is 16.3. The van der Waals surface area contributed by atoms with Crippen molar-refractivity contribution >= 4 is 40.1 Å². The van der Waals surface area contributed by atoms with Crippen LogP contribution in [0.15, 0.2) is 54.6 Å².